The van der Waals surface area contributed by atoms with Gasteiger partial charge in [0, 0.05) is 12.2 Å². The van der Waals surface area contributed by atoms with E-state index in [9.17, 15) is 13.2 Å². The van der Waals surface area contributed by atoms with Crippen LogP contribution in [0.25, 0.3) is 0 Å². The van der Waals surface area contributed by atoms with E-state index in [1.165, 1.54) is 4.31 Å². The van der Waals surface area contributed by atoms with Crippen LogP contribution in [0, 0.1) is 0 Å². The molecule has 0 radical (unpaired) electrons. The summed E-state index contributed by atoms with van der Waals surface area (Å²) in [6, 6.07) is 19.5. The van der Waals surface area contributed by atoms with Crippen molar-refractivity contribution in [3.63, 3.8) is 0 Å². The number of anilines is 2. The van der Waals surface area contributed by atoms with E-state index in [4.69, 9.17) is 27.9 Å². The monoisotopic (exact) mass is 478 g/mol. The molecular formula is C22H20Cl2N2O4S. The van der Waals surface area contributed by atoms with Crippen LogP contribution in [0.15, 0.2) is 77.7 Å². The van der Waals surface area contributed by atoms with Crippen molar-refractivity contribution in [3.8, 4) is 5.75 Å². The minimum atomic E-state index is -3.68. The Labute approximate surface area is 191 Å². The zero-order chi connectivity index (χ0) is 22.4. The number of hydrogen-bond donors (Lipinski definition) is 1. The predicted octanol–water partition coefficient (Wildman–Crippen LogP) is 5.23. The minimum Gasteiger partial charge on any atom is -0.484 e. The second-order valence-corrected chi connectivity index (χ2v) is 9.12. The number of ether oxygens (including phenoxy) is 1. The molecule has 0 saturated heterocycles. The number of benzene rings is 3. The third kappa shape index (κ3) is 5.70. The maximum absolute atomic E-state index is 12.9. The van der Waals surface area contributed by atoms with Crippen LogP contribution in [0.1, 0.15) is 6.92 Å². The van der Waals surface area contributed by atoms with Gasteiger partial charge in [0.15, 0.2) is 6.61 Å². The number of hydrogen-bond acceptors (Lipinski definition) is 4. The van der Waals surface area contributed by atoms with Crippen molar-refractivity contribution in [1.82, 2.24) is 0 Å². The average molecular weight is 479 g/mol. The zero-order valence-corrected chi connectivity index (χ0v) is 18.9. The standard InChI is InChI=1S/C22H20Cl2N2O4S/c1-2-26(31(28,29)19-6-4-3-5-7-19)17-9-11-18(12-10-17)30-15-22(27)25-16-8-13-20(23)21(24)14-16/h3-14H,2,15H2,1H3,(H,25,27). The third-order valence-electron chi connectivity index (χ3n) is 4.32. The van der Waals surface area contributed by atoms with E-state index in [1.807, 2.05) is 0 Å². The van der Waals surface area contributed by atoms with Crippen LogP contribution in [0.5, 0.6) is 5.75 Å². The third-order valence-corrected chi connectivity index (χ3v) is 6.97. The molecule has 0 saturated carbocycles. The Kier molecular flexibility index (Phi) is 7.43. The Morgan fingerprint density at radius 2 is 1.65 bits per heavy atom. The first-order chi connectivity index (χ1) is 14.8. The van der Waals surface area contributed by atoms with E-state index in [-0.39, 0.29) is 24.0 Å². The van der Waals surface area contributed by atoms with Gasteiger partial charge >= 0.3 is 0 Å². The lowest BCUT2D eigenvalue weighted by atomic mass is 10.3. The molecule has 0 unspecified atom stereocenters. The molecule has 0 aliphatic carbocycles. The Morgan fingerprint density at radius 3 is 2.26 bits per heavy atom. The molecule has 0 heterocycles. The maximum atomic E-state index is 12.9. The highest BCUT2D eigenvalue weighted by Crippen LogP contribution is 2.26. The van der Waals surface area contributed by atoms with Gasteiger partial charge in [0.1, 0.15) is 5.75 Å². The van der Waals surface area contributed by atoms with Gasteiger partial charge in [-0.25, -0.2) is 8.42 Å². The van der Waals surface area contributed by atoms with Crippen molar-refractivity contribution in [2.75, 3.05) is 22.8 Å². The van der Waals surface area contributed by atoms with Crippen molar-refractivity contribution >= 4 is 50.5 Å². The van der Waals surface area contributed by atoms with Crippen LogP contribution in [0.2, 0.25) is 10.0 Å². The van der Waals surface area contributed by atoms with Crippen LogP contribution >= 0.6 is 23.2 Å². The highest BCUT2D eigenvalue weighted by atomic mass is 35.5. The van der Waals surface area contributed by atoms with E-state index in [2.05, 4.69) is 5.32 Å². The molecule has 0 atom stereocenters. The molecule has 31 heavy (non-hydrogen) atoms. The van der Waals surface area contributed by atoms with Gasteiger partial charge in [-0.05, 0) is 61.5 Å². The SMILES string of the molecule is CCN(c1ccc(OCC(=O)Nc2ccc(Cl)c(Cl)c2)cc1)S(=O)(=O)c1ccccc1. The molecule has 0 aliphatic rings. The first-order valence-corrected chi connectivity index (χ1v) is 11.6. The molecular weight excluding hydrogens is 459 g/mol. The molecule has 6 nitrogen and oxygen atoms in total. The summed E-state index contributed by atoms with van der Waals surface area (Å²) in [7, 11) is -3.68. The van der Waals surface area contributed by atoms with Gasteiger partial charge in [-0.15, -0.1) is 0 Å². The average Bonchev–Trinajstić information content (AvgIpc) is 2.77. The Hall–Kier alpha value is -2.74. The first-order valence-electron chi connectivity index (χ1n) is 9.37. The van der Waals surface area contributed by atoms with Gasteiger partial charge in [0.25, 0.3) is 15.9 Å². The fraction of sp³-hybridized carbons (Fsp3) is 0.136. The van der Waals surface area contributed by atoms with Crippen molar-refractivity contribution in [2.24, 2.45) is 0 Å². The Morgan fingerprint density at radius 1 is 0.968 bits per heavy atom. The minimum absolute atomic E-state index is 0.219. The van der Waals surface area contributed by atoms with E-state index in [1.54, 1.807) is 79.7 Å². The lowest BCUT2D eigenvalue weighted by Gasteiger charge is -2.23. The van der Waals surface area contributed by atoms with E-state index in [0.717, 1.165) is 0 Å². The molecule has 0 bridgehead atoms. The summed E-state index contributed by atoms with van der Waals surface area (Å²) in [5, 5.41) is 3.39. The molecule has 9 heteroatoms. The van der Waals surface area contributed by atoms with Crippen molar-refractivity contribution in [2.45, 2.75) is 11.8 Å². The molecule has 1 N–H and O–H groups in total. The number of sulfonamides is 1. The molecule has 162 valence electrons. The van der Waals surface area contributed by atoms with Crippen molar-refractivity contribution < 1.29 is 17.9 Å². The molecule has 3 aromatic carbocycles. The number of carbonyl (C=O) groups is 1. The fourth-order valence-corrected chi connectivity index (χ4v) is 4.63. The van der Waals surface area contributed by atoms with Crippen molar-refractivity contribution in [1.29, 1.82) is 0 Å². The largest absolute Gasteiger partial charge is 0.484 e. The number of rotatable bonds is 8. The molecule has 3 rings (SSSR count). The summed E-state index contributed by atoms with van der Waals surface area (Å²) < 4.78 is 32.6. The number of carbonyl (C=O) groups excluding carboxylic acids is 1. The molecule has 0 spiro atoms. The van der Waals surface area contributed by atoms with Crippen LogP contribution < -0.4 is 14.4 Å². The van der Waals surface area contributed by atoms with Crippen molar-refractivity contribution in [3.05, 3.63) is 82.8 Å². The van der Waals surface area contributed by atoms with Crippen LogP contribution in [0.3, 0.4) is 0 Å². The van der Waals surface area contributed by atoms with Gasteiger partial charge in [0.2, 0.25) is 0 Å². The lowest BCUT2D eigenvalue weighted by molar-refractivity contribution is -0.118. The molecule has 0 aromatic heterocycles. The second-order valence-electron chi connectivity index (χ2n) is 6.44. The molecule has 0 aliphatic heterocycles. The highest BCUT2D eigenvalue weighted by Gasteiger charge is 2.23. The van der Waals surface area contributed by atoms with Gasteiger partial charge in [0.05, 0.1) is 20.6 Å². The smallest absolute Gasteiger partial charge is 0.264 e. The number of nitrogens with zero attached hydrogens (tertiary/aromatic N) is 1. The van der Waals surface area contributed by atoms with Gasteiger partial charge in [-0.2, -0.15) is 0 Å². The quantitative estimate of drug-likeness (QED) is 0.480. The summed E-state index contributed by atoms with van der Waals surface area (Å²) in [4.78, 5) is 12.3. The first kappa shape index (κ1) is 22.9. The summed E-state index contributed by atoms with van der Waals surface area (Å²) in [6.07, 6.45) is 0. The zero-order valence-electron chi connectivity index (χ0n) is 16.6. The predicted molar refractivity (Wildman–Crippen MR) is 124 cm³/mol. The maximum Gasteiger partial charge on any atom is 0.264 e. The summed E-state index contributed by atoms with van der Waals surface area (Å²) in [6.45, 7) is 1.81. The van der Waals surface area contributed by atoms with Crippen LogP contribution in [-0.4, -0.2) is 27.5 Å². The molecule has 1 amide bonds. The lowest BCUT2D eigenvalue weighted by Crippen LogP contribution is -2.30. The fourth-order valence-electron chi connectivity index (χ4n) is 2.84. The van der Waals surface area contributed by atoms with Crippen LogP contribution in [0.4, 0.5) is 11.4 Å². The Bertz CT molecular complexity index is 1150. The topological polar surface area (TPSA) is 75.7 Å². The molecule has 0 fully saturated rings. The summed E-state index contributed by atoms with van der Waals surface area (Å²) in [5.41, 5.74) is 1.00. The molecule has 3 aromatic rings. The Balaban J connectivity index is 1.64. The second kappa shape index (κ2) is 10.0. The van der Waals surface area contributed by atoms with Crippen LogP contribution in [-0.2, 0) is 14.8 Å². The van der Waals surface area contributed by atoms with Gasteiger partial charge in [-0.3, -0.25) is 9.10 Å². The van der Waals surface area contributed by atoms with E-state index in [0.29, 0.717) is 27.2 Å². The van der Waals surface area contributed by atoms with E-state index >= 15 is 0 Å². The number of nitrogens with one attached hydrogen (secondary N) is 1. The normalized spacial score (nSPS) is 11.1. The number of amides is 1. The van der Waals surface area contributed by atoms with Gasteiger partial charge in [-0.1, -0.05) is 41.4 Å². The number of halogens is 2. The van der Waals surface area contributed by atoms with E-state index < -0.39 is 10.0 Å². The van der Waals surface area contributed by atoms with Gasteiger partial charge < -0.3 is 10.1 Å². The highest BCUT2D eigenvalue weighted by molar-refractivity contribution is 7.92. The summed E-state index contributed by atoms with van der Waals surface area (Å²) in [5.74, 6) is 0.0607. The summed E-state index contributed by atoms with van der Waals surface area (Å²) >= 11 is 11.8.